The minimum Gasteiger partial charge on any atom is -0.312 e. The van der Waals surface area contributed by atoms with Crippen LogP contribution in [0.3, 0.4) is 0 Å². The highest BCUT2D eigenvalue weighted by atomic mass is 32.1. The molecule has 0 radical (unpaired) electrons. The first-order chi connectivity index (χ1) is 9.91. The van der Waals surface area contributed by atoms with Gasteiger partial charge in [0.25, 0.3) is 0 Å². The fourth-order valence-electron chi connectivity index (χ4n) is 2.26. The highest BCUT2D eigenvalue weighted by Gasteiger charge is 2.23. The van der Waals surface area contributed by atoms with Crippen LogP contribution in [0.15, 0.2) is 24.3 Å². The second-order valence-corrected chi connectivity index (χ2v) is 7.67. The van der Waals surface area contributed by atoms with Gasteiger partial charge in [-0.15, -0.1) is 11.3 Å². The summed E-state index contributed by atoms with van der Waals surface area (Å²) in [6.45, 7) is 13.0. The molecule has 1 aromatic heterocycles. The zero-order valence-corrected chi connectivity index (χ0v) is 14.6. The number of aryl methyl sites for hydroxylation is 1. The molecule has 3 heteroatoms. The van der Waals surface area contributed by atoms with Gasteiger partial charge in [0.1, 0.15) is 5.01 Å². The van der Waals surface area contributed by atoms with Crippen LogP contribution >= 0.6 is 11.3 Å². The Morgan fingerprint density at radius 3 is 2.38 bits per heavy atom. The van der Waals surface area contributed by atoms with Crippen LogP contribution in [0.1, 0.15) is 50.3 Å². The Morgan fingerprint density at radius 1 is 1.14 bits per heavy atom. The molecule has 0 aliphatic heterocycles. The Kier molecular flexibility index (Phi) is 5.17. The number of nitrogens with one attached hydrogen (secondary N) is 1. The van der Waals surface area contributed by atoms with Gasteiger partial charge in [0.05, 0.1) is 5.69 Å². The van der Waals surface area contributed by atoms with Crippen LogP contribution in [0.5, 0.6) is 0 Å². The summed E-state index contributed by atoms with van der Waals surface area (Å²) in [6.07, 6.45) is 1.16. The molecule has 0 spiro atoms. The van der Waals surface area contributed by atoms with E-state index in [9.17, 15) is 0 Å². The first kappa shape index (κ1) is 16.2. The summed E-state index contributed by atoms with van der Waals surface area (Å²) in [6, 6.07) is 8.65. The molecular weight excluding hydrogens is 276 g/mol. The van der Waals surface area contributed by atoms with Gasteiger partial charge in [0, 0.05) is 22.4 Å². The average Bonchev–Trinajstić information content (AvgIpc) is 2.84. The molecule has 0 atom stereocenters. The van der Waals surface area contributed by atoms with Gasteiger partial charge in [-0.2, -0.15) is 0 Å². The lowest BCUT2D eigenvalue weighted by atomic mass is 9.91. The Labute approximate surface area is 132 Å². The molecule has 1 heterocycles. The lowest BCUT2D eigenvalue weighted by Gasteiger charge is -2.17. The second-order valence-electron chi connectivity index (χ2n) is 6.58. The monoisotopic (exact) mass is 302 g/mol. The third kappa shape index (κ3) is 4.14. The van der Waals surface area contributed by atoms with Crippen molar-refractivity contribution >= 4 is 11.3 Å². The minimum atomic E-state index is 0.0860. The molecule has 1 aromatic carbocycles. The summed E-state index contributed by atoms with van der Waals surface area (Å²) >= 11 is 1.82. The second kappa shape index (κ2) is 6.71. The van der Waals surface area contributed by atoms with Gasteiger partial charge in [-0.05, 0) is 19.9 Å². The van der Waals surface area contributed by atoms with Crippen LogP contribution in [-0.2, 0) is 12.0 Å². The molecular formula is C18H26N2S. The van der Waals surface area contributed by atoms with E-state index in [-0.39, 0.29) is 5.41 Å². The SMILES string of the molecule is CCCNCc1sc(-c2ccc(C)cc2)nc1C(C)(C)C. The first-order valence-electron chi connectivity index (χ1n) is 7.69. The van der Waals surface area contributed by atoms with Crippen molar-refractivity contribution in [3.63, 3.8) is 0 Å². The number of thiazole rings is 1. The van der Waals surface area contributed by atoms with Gasteiger partial charge in [-0.1, -0.05) is 57.5 Å². The Bertz CT molecular complexity index is 576. The summed E-state index contributed by atoms with van der Waals surface area (Å²) < 4.78 is 0. The van der Waals surface area contributed by atoms with Gasteiger partial charge in [-0.3, -0.25) is 0 Å². The Hall–Kier alpha value is -1.19. The molecule has 2 aromatic rings. The Morgan fingerprint density at radius 2 is 1.81 bits per heavy atom. The number of rotatable bonds is 5. The van der Waals surface area contributed by atoms with E-state index in [1.54, 1.807) is 0 Å². The lowest BCUT2D eigenvalue weighted by molar-refractivity contribution is 0.559. The zero-order valence-electron chi connectivity index (χ0n) is 13.8. The predicted octanol–water partition coefficient (Wildman–Crippen LogP) is 4.92. The molecule has 2 rings (SSSR count). The first-order valence-corrected chi connectivity index (χ1v) is 8.51. The molecule has 0 bridgehead atoms. The highest BCUT2D eigenvalue weighted by Crippen LogP contribution is 2.34. The van der Waals surface area contributed by atoms with Crippen molar-refractivity contribution in [2.45, 2.75) is 53.0 Å². The molecule has 0 saturated carbocycles. The van der Waals surface area contributed by atoms with E-state index < -0.39 is 0 Å². The summed E-state index contributed by atoms with van der Waals surface area (Å²) in [5, 5.41) is 4.64. The molecule has 1 N–H and O–H groups in total. The fraction of sp³-hybridized carbons (Fsp3) is 0.500. The van der Waals surface area contributed by atoms with Gasteiger partial charge in [0.15, 0.2) is 0 Å². The van der Waals surface area contributed by atoms with E-state index >= 15 is 0 Å². The molecule has 0 unspecified atom stereocenters. The van der Waals surface area contributed by atoms with Gasteiger partial charge in [-0.25, -0.2) is 4.98 Å². The maximum atomic E-state index is 4.94. The molecule has 0 aliphatic carbocycles. The van der Waals surface area contributed by atoms with Crippen molar-refractivity contribution in [2.75, 3.05) is 6.54 Å². The summed E-state index contributed by atoms with van der Waals surface area (Å²) in [5.74, 6) is 0. The maximum Gasteiger partial charge on any atom is 0.123 e. The van der Waals surface area contributed by atoms with Gasteiger partial charge in [0.2, 0.25) is 0 Å². The molecule has 21 heavy (non-hydrogen) atoms. The number of aromatic nitrogens is 1. The van der Waals surface area contributed by atoms with E-state index in [1.165, 1.54) is 21.7 Å². The largest absolute Gasteiger partial charge is 0.312 e. The number of hydrogen-bond acceptors (Lipinski definition) is 3. The highest BCUT2D eigenvalue weighted by molar-refractivity contribution is 7.15. The molecule has 0 saturated heterocycles. The van der Waals surface area contributed by atoms with Crippen molar-refractivity contribution in [3.8, 4) is 10.6 Å². The zero-order chi connectivity index (χ0) is 15.5. The van der Waals surface area contributed by atoms with Crippen LogP contribution in [0, 0.1) is 6.92 Å². The third-order valence-electron chi connectivity index (χ3n) is 3.42. The van der Waals surface area contributed by atoms with Gasteiger partial charge < -0.3 is 5.32 Å². The molecule has 114 valence electrons. The maximum absolute atomic E-state index is 4.94. The van der Waals surface area contributed by atoms with Crippen molar-refractivity contribution in [3.05, 3.63) is 40.4 Å². The van der Waals surface area contributed by atoms with Crippen molar-refractivity contribution in [2.24, 2.45) is 0 Å². The van der Waals surface area contributed by atoms with Crippen LogP contribution in [0.2, 0.25) is 0 Å². The molecule has 2 nitrogen and oxygen atoms in total. The minimum absolute atomic E-state index is 0.0860. The van der Waals surface area contributed by atoms with Crippen molar-refractivity contribution < 1.29 is 0 Å². The van der Waals surface area contributed by atoms with Gasteiger partial charge >= 0.3 is 0 Å². The fourth-order valence-corrected chi connectivity index (χ4v) is 3.50. The standard InChI is InChI=1S/C18H26N2S/c1-6-11-19-12-15-16(18(3,4)5)20-17(21-15)14-9-7-13(2)8-10-14/h7-10,19H,6,11-12H2,1-5H3. The topological polar surface area (TPSA) is 24.9 Å². The smallest absolute Gasteiger partial charge is 0.123 e. The van der Waals surface area contributed by atoms with E-state index in [0.717, 1.165) is 24.5 Å². The lowest BCUT2D eigenvalue weighted by Crippen LogP contribution is -2.19. The normalized spacial score (nSPS) is 11.9. The van der Waals surface area contributed by atoms with Crippen molar-refractivity contribution in [1.29, 1.82) is 0 Å². The van der Waals surface area contributed by atoms with Crippen LogP contribution in [0.4, 0.5) is 0 Å². The number of hydrogen-bond donors (Lipinski definition) is 1. The number of nitrogens with zero attached hydrogens (tertiary/aromatic N) is 1. The van der Waals surface area contributed by atoms with Crippen LogP contribution < -0.4 is 5.32 Å². The van der Waals surface area contributed by atoms with Crippen LogP contribution in [-0.4, -0.2) is 11.5 Å². The predicted molar refractivity (Wildman–Crippen MR) is 93.0 cm³/mol. The van der Waals surface area contributed by atoms with E-state index in [2.05, 4.69) is 64.2 Å². The van der Waals surface area contributed by atoms with Crippen LogP contribution in [0.25, 0.3) is 10.6 Å². The summed E-state index contributed by atoms with van der Waals surface area (Å²) in [4.78, 5) is 6.31. The molecule has 0 amide bonds. The number of benzene rings is 1. The summed E-state index contributed by atoms with van der Waals surface area (Å²) in [5.41, 5.74) is 3.82. The van der Waals surface area contributed by atoms with Crippen molar-refractivity contribution in [1.82, 2.24) is 10.3 Å². The van der Waals surface area contributed by atoms with E-state index in [1.807, 2.05) is 11.3 Å². The third-order valence-corrected chi connectivity index (χ3v) is 4.52. The average molecular weight is 302 g/mol. The van der Waals surface area contributed by atoms with E-state index in [4.69, 9.17) is 4.98 Å². The summed E-state index contributed by atoms with van der Waals surface area (Å²) in [7, 11) is 0. The molecule has 0 aliphatic rings. The molecule has 0 fully saturated rings. The quantitative estimate of drug-likeness (QED) is 0.793. The van der Waals surface area contributed by atoms with E-state index in [0.29, 0.717) is 0 Å². The Balaban J connectivity index is 2.33.